The SMILES string of the molecule is COc1ccc(-c2cc(C(F)(F)F)n3nc(C(=O)NC4CCCCC4)cc3n2)cc1. The summed E-state index contributed by atoms with van der Waals surface area (Å²) in [5.74, 6) is 0.105. The number of carbonyl (C=O) groups is 1. The summed E-state index contributed by atoms with van der Waals surface area (Å²) in [5, 5.41) is 6.78. The second-order valence-electron chi connectivity index (χ2n) is 7.36. The monoisotopic (exact) mass is 418 g/mol. The molecule has 2 heterocycles. The molecule has 158 valence electrons. The Balaban J connectivity index is 1.72. The zero-order chi connectivity index (χ0) is 21.3. The van der Waals surface area contributed by atoms with Gasteiger partial charge in [-0.2, -0.15) is 18.3 Å². The number of nitrogens with zero attached hydrogens (tertiary/aromatic N) is 3. The molecule has 1 saturated carbocycles. The van der Waals surface area contributed by atoms with Gasteiger partial charge in [0.15, 0.2) is 17.0 Å². The third kappa shape index (κ3) is 4.10. The normalized spacial score (nSPS) is 15.3. The maximum Gasteiger partial charge on any atom is 0.433 e. The number of nitrogens with one attached hydrogen (secondary N) is 1. The summed E-state index contributed by atoms with van der Waals surface area (Å²) in [6, 6.07) is 8.81. The highest BCUT2D eigenvalue weighted by Gasteiger charge is 2.35. The van der Waals surface area contributed by atoms with Gasteiger partial charge in [-0.15, -0.1) is 0 Å². The summed E-state index contributed by atoms with van der Waals surface area (Å²) in [6.07, 6.45) is 0.265. The first-order chi connectivity index (χ1) is 14.3. The van der Waals surface area contributed by atoms with E-state index < -0.39 is 17.8 Å². The highest BCUT2D eigenvalue weighted by molar-refractivity contribution is 5.93. The van der Waals surface area contributed by atoms with Crippen LogP contribution in [0.2, 0.25) is 0 Å². The number of fused-ring (bicyclic) bond motifs is 1. The lowest BCUT2D eigenvalue weighted by atomic mass is 9.95. The third-order valence-electron chi connectivity index (χ3n) is 5.28. The minimum Gasteiger partial charge on any atom is -0.497 e. The van der Waals surface area contributed by atoms with Gasteiger partial charge in [-0.25, -0.2) is 9.50 Å². The van der Waals surface area contributed by atoms with Crippen LogP contribution in [0.3, 0.4) is 0 Å². The fourth-order valence-corrected chi connectivity index (χ4v) is 3.70. The Morgan fingerprint density at radius 1 is 1.13 bits per heavy atom. The van der Waals surface area contributed by atoms with Crippen molar-refractivity contribution in [3.05, 3.63) is 47.8 Å². The minimum absolute atomic E-state index is 0.0287. The quantitative estimate of drug-likeness (QED) is 0.678. The smallest absolute Gasteiger partial charge is 0.433 e. The van der Waals surface area contributed by atoms with Gasteiger partial charge in [0.1, 0.15) is 5.75 Å². The maximum absolute atomic E-state index is 13.7. The Labute approximate surface area is 171 Å². The molecule has 1 N–H and O–H groups in total. The first kappa shape index (κ1) is 20.2. The van der Waals surface area contributed by atoms with Crippen molar-refractivity contribution in [2.75, 3.05) is 7.11 Å². The van der Waals surface area contributed by atoms with Gasteiger partial charge < -0.3 is 10.1 Å². The van der Waals surface area contributed by atoms with Crippen LogP contribution in [0.25, 0.3) is 16.9 Å². The number of rotatable bonds is 4. The average Bonchev–Trinajstić information content (AvgIpc) is 3.17. The lowest BCUT2D eigenvalue weighted by Crippen LogP contribution is -2.36. The molecule has 1 fully saturated rings. The molecular formula is C21H21F3N4O2. The third-order valence-corrected chi connectivity index (χ3v) is 5.28. The number of methoxy groups -OCH3 is 1. The summed E-state index contributed by atoms with van der Waals surface area (Å²) < 4.78 is 46.9. The maximum atomic E-state index is 13.7. The van der Waals surface area contributed by atoms with Gasteiger partial charge in [-0.05, 0) is 43.2 Å². The second kappa shape index (κ2) is 7.97. The largest absolute Gasteiger partial charge is 0.497 e. The number of halogens is 3. The van der Waals surface area contributed by atoms with Crippen LogP contribution in [0, 0.1) is 0 Å². The number of alkyl halides is 3. The molecule has 0 saturated heterocycles. The van der Waals surface area contributed by atoms with E-state index in [1.807, 2.05) is 0 Å². The lowest BCUT2D eigenvalue weighted by Gasteiger charge is -2.22. The molecule has 1 aliphatic carbocycles. The summed E-state index contributed by atoms with van der Waals surface area (Å²) in [5.41, 5.74) is -0.472. The van der Waals surface area contributed by atoms with Gasteiger partial charge in [0.2, 0.25) is 0 Å². The number of carbonyl (C=O) groups excluding carboxylic acids is 1. The highest BCUT2D eigenvalue weighted by Crippen LogP contribution is 2.32. The molecule has 30 heavy (non-hydrogen) atoms. The Hall–Kier alpha value is -3.10. The van der Waals surface area contributed by atoms with Gasteiger partial charge >= 0.3 is 6.18 Å². The molecule has 0 spiro atoms. The van der Waals surface area contributed by atoms with Crippen LogP contribution in [0.15, 0.2) is 36.4 Å². The van der Waals surface area contributed by atoms with Crippen LogP contribution in [0.4, 0.5) is 13.2 Å². The van der Waals surface area contributed by atoms with E-state index in [2.05, 4.69) is 15.4 Å². The topological polar surface area (TPSA) is 68.5 Å². The fraction of sp³-hybridized carbons (Fsp3) is 0.381. The summed E-state index contributed by atoms with van der Waals surface area (Å²) in [4.78, 5) is 16.9. The van der Waals surface area contributed by atoms with Gasteiger partial charge in [0.25, 0.3) is 5.91 Å². The number of benzene rings is 1. The van der Waals surface area contributed by atoms with Crippen molar-refractivity contribution in [1.29, 1.82) is 0 Å². The molecule has 0 atom stereocenters. The van der Waals surface area contributed by atoms with E-state index >= 15 is 0 Å². The number of ether oxygens (including phenoxy) is 1. The van der Waals surface area contributed by atoms with Crippen LogP contribution in [0.5, 0.6) is 5.75 Å². The fourth-order valence-electron chi connectivity index (χ4n) is 3.70. The number of aromatic nitrogens is 3. The molecule has 3 aromatic rings. The zero-order valence-corrected chi connectivity index (χ0v) is 16.4. The molecule has 9 heteroatoms. The molecule has 0 radical (unpaired) electrons. The van der Waals surface area contributed by atoms with Crippen molar-refractivity contribution in [3.63, 3.8) is 0 Å². The Morgan fingerprint density at radius 2 is 1.83 bits per heavy atom. The molecule has 1 aliphatic rings. The van der Waals surface area contributed by atoms with Crippen LogP contribution in [0.1, 0.15) is 48.3 Å². The van der Waals surface area contributed by atoms with E-state index in [0.29, 0.717) is 15.8 Å². The Bertz CT molecular complexity index is 1050. The lowest BCUT2D eigenvalue weighted by molar-refractivity contribution is -0.142. The van der Waals surface area contributed by atoms with Crippen LogP contribution >= 0.6 is 0 Å². The molecule has 0 aliphatic heterocycles. The van der Waals surface area contributed by atoms with Gasteiger partial charge in [-0.3, -0.25) is 4.79 Å². The second-order valence-corrected chi connectivity index (χ2v) is 7.36. The molecule has 1 aromatic carbocycles. The molecule has 2 aromatic heterocycles. The minimum atomic E-state index is -4.66. The molecule has 6 nitrogen and oxygen atoms in total. The van der Waals surface area contributed by atoms with Gasteiger partial charge in [0.05, 0.1) is 12.8 Å². The first-order valence-corrected chi connectivity index (χ1v) is 9.78. The summed E-state index contributed by atoms with van der Waals surface area (Å²) in [7, 11) is 1.51. The van der Waals surface area contributed by atoms with Gasteiger partial charge in [0, 0.05) is 17.7 Å². The van der Waals surface area contributed by atoms with Crippen LogP contribution < -0.4 is 10.1 Å². The van der Waals surface area contributed by atoms with Crippen molar-refractivity contribution in [2.24, 2.45) is 0 Å². The van der Waals surface area contributed by atoms with Crippen molar-refractivity contribution in [3.8, 4) is 17.0 Å². The van der Waals surface area contributed by atoms with Crippen molar-refractivity contribution >= 4 is 11.6 Å². The molecule has 1 amide bonds. The van der Waals surface area contributed by atoms with E-state index in [9.17, 15) is 18.0 Å². The highest BCUT2D eigenvalue weighted by atomic mass is 19.4. The van der Waals surface area contributed by atoms with Crippen LogP contribution in [-0.4, -0.2) is 33.7 Å². The Kier molecular flexibility index (Phi) is 5.36. The number of amides is 1. The standard InChI is InChI=1S/C21H21F3N4O2/c1-30-15-9-7-13(8-10-15)16-11-18(21(22,23)24)28-19(26-16)12-17(27-28)20(29)25-14-5-3-2-4-6-14/h7-12,14H,2-6H2,1H3,(H,25,29). The van der Waals surface area contributed by atoms with E-state index in [1.54, 1.807) is 24.3 Å². The zero-order valence-electron chi connectivity index (χ0n) is 16.4. The predicted octanol–water partition coefficient (Wildman–Crippen LogP) is 4.49. The molecule has 0 bridgehead atoms. The molecule has 4 rings (SSSR count). The van der Waals surface area contributed by atoms with E-state index in [1.165, 1.54) is 13.2 Å². The van der Waals surface area contributed by atoms with E-state index in [0.717, 1.165) is 38.2 Å². The Morgan fingerprint density at radius 3 is 2.47 bits per heavy atom. The predicted molar refractivity (Wildman–Crippen MR) is 104 cm³/mol. The summed E-state index contributed by atoms with van der Waals surface area (Å²) >= 11 is 0. The average molecular weight is 418 g/mol. The molecule has 0 unspecified atom stereocenters. The van der Waals surface area contributed by atoms with Gasteiger partial charge in [-0.1, -0.05) is 19.3 Å². The van der Waals surface area contributed by atoms with Crippen molar-refractivity contribution in [1.82, 2.24) is 19.9 Å². The van der Waals surface area contributed by atoms with Crippen LogP contribution in [-0.2, 0) is 6.18 Å². The number of hydrogen-bond donors (Lipinski definition) is 1. The van der Waals surface area contributed by atoms with E-state index in [4.69, 9.17) is 4.74 Å². The van der Waals surface area contributed by atoms with Crippen molar-refractivity contribution < 1.29 is 22.7 Å². The number of hydrogen-bond acceptors (Lipinski definition) is 4. The molecular weight excluding hydrogens is 397 g/mol. The van der Waals surface area contributed by atoms with E-state index in [-0.39, 0.29) is 23.1 Å². The first-order valence-electron chi connectivity index (χ1n) is 9.78. The summed E-state index contributed by atoms with van der Waals surface area (Å²) in [6.45, 7) is 0. The van der Waals surface area contributed by atoms with Crippen molar-refractivity contribution in [2.45, 2.75) is 44.3 Å².